The third kappa shape index (κ3) is 6.69. The van der Waals surface area contributed by atoms with E-state index in [1.165, 1.54) is 17.4 Å². The minimum absolute atomic E-state index is 1.11. The van der Waals surface area contributed by atoms with E-state index < -0.39 is 0 Å². The summed E-state index contributed by atoms with van der Waals surface area (Å²) in [7, 11) is 0. The fraction of sp³-hybridized carbons (Fsp3) is 1.00. The molecule has 0 aromatic rings. The molecular formula is C5H12IN. The molecule has 0 saturated heterocycles. The molecule has 44 valence electrons. The maximum Gasteiger partial charge on any atom is 0.000735 e. The van der Waals surface area contributed by atoms with Gasteiger partial charge in [-0.2, -0.15) is 0 Å². The lowest BCUT2D eigenvalue weighted by atomic mass is 10.5. The van der Waals surface area contributed by atoms with Gasteiger partial charge >= 0.3 is 0 Å². The molecule has 0 fully saturated rings. The Morgan fingerprint density at radius 2 is 2.29 bits per heavy atom. The van der Waals surface area contributed by atoms with Crippen LogP contribution in [0.4, 0.5) is 0 Å². The highest BCUT2D eigenvalue weighted by Crippen LogP contribution is 1.84. The largest absolute Gasteiger partial charge is 0.317 e. The van der Waals surface area contributed by atoms with Gasteiger partial charge in [0.1, 0.15) is 0 Å². The zero-order valence-electron chi connectivity index (χ0n) is 4.71. The van der Waals surface area contributed by atoms with Crippen LogP contribution >= 0.6 is 22.6 Å². The van der Waals surface area contributed by atoms with Crippen LogP contribution in [0.1, 0.15) is 13.3 Å². The molecule has 0 aromatic heterocycles. The van der Waals surface area contributed by atoms with Gasteiger partial charge < -0.3 is 5.32 Å². The number of hydrogen-bond donors (Lipinski definition) is 1. The molecule has 7 heavy (non-hydrogen) atoms. The standard InChI is InChI=1S/C5H12IN/c1-2-7-5-3-4-6/h7H,2-5H2,1H3. The molecule has 0 aliphatic heterocycles. The zero-order valence-corrected chi connectivity index (χ0v) is 6.86. The monoisotopic (exact) mass is 213 g/mol. The van der Waals surface area contributed by atoms with Crippen LogP contribution in [0.3, 0.4) is 0 Å². The second-order valence-electron chi connectivity index (χ2n) is 1.40. The van der Waals surface area contributed by atoms with Crippen LogP contribution in [-0.2, 0) is 0 Å². The van der Waals surface area contributed by atoms with E-state index >= 15 is 0 Å². The van der Waals surface area contributed by atoms with Crippen molar-refractivity contribution < 1.29 is 0 Å². The van der Waals surface area contributed by atoms with Gasteiger partial charge in [-0.3, -0.25) is 0 Å². The maximum atomic E-state index is 3.24. The van der Waals surface area contributed by atoms with Crippen molar-refractivity contribution in [2.24, 2.45) is 0 Å². The third-order valence-corrected chi connectivity index (χ3v) is 1.50. The second kappa shape index (κ2) is 6.69. The predicted octanol–water partition coefficient (Wildman–Crippen LogP) is 1.42. The van der Waals surface area contributed by atoms with Gasteiger partial charge in [-0.1, -0.05) is 29.5 Å². The second-order valence-corrected chi connectivity index (χ2v) is 2.47. The SMILES string of the molecule is CCNCCCI. The summed E-state index contributed by atoms with van der Waals surface area (Å²) in [6.07, 6.45) is 1.30. The number of nitrogens with one attached hydrogen (secondary N) is 1. The summed E-state index contributed by atoms with van der Waals surface area (Å²) in [5.74, 6) is 0. The molecule has 0 spiro atoms. The number of alkyl halides is 1. The summed E-state index contributed by atoms with van der Waals surface area (Å²) in [6.45, 7) is 4.42. The average Bonchev–Trinajstić information content (AvgIpc) is 1.69. The lowest BCUT2D eigenvalue weighted by molar-refractivity contribution is 0.710. The van der Waals surface area contributed by atoms with E-state index in [1.807, 2.05) is 0 Å². The molecule has 0 unspecified atom stereocenters. The number of hydrogen-bond acceptors (Lipinski definition) is 1. The lowest BCUT2D eigenvalue weighted by Gasteiger charge is -1.94. The number of halogens is 1. The molecule has 0 radical (unpaired) electrons. The van der Waals surface area contributed by atoms with Crippen molar-refractivity contribution in [3.05, 3.63) is 0 Å². The summed E-state index contributed by atoms with van der Waals surface area (Å²) < 4.78 is 1.27. The summed E-state index contributed by atoms with van der Waals surface area (Å²) in [4.78, 5) is 0. The van der Waals surface area contributed by atoms with Gasteiger partial charge in [0, 0.05) is 4.43 Å². The van der Waals surface area contributed by atoms with E-state index in [1.54, 1.807) is 0 Å². The van der Waals surface area contributed by atoms with Gasteiger partial charge in [0.25, 0.3) is 0 Å². The van der Waals surface area contributed by atoms with Crippen LogP contribution in [0.25, 0.3) is 0 Å². The highest BCUT2D eigenvalue weighted by molar-refractivity contribution is 14.1. The first-order chi connectivity index (χ1) is 3.41. The fourth-order valence-corrected chi connectivity index (χ4v) is 0.750. The van der Waals surface area contributed by atoms with Crippen LogP contribution in [0.5, 0.6) is 0 Å². The first-order valence-corrected chi connectivity index (χ1v) is 4.21. The van der Waals surface area contributed by atoms with E-state index in [9.17, 15) is 0 Å². The Kier molecular flexibility index (Phi) is 7.35. The van der Waals surface area contributed by atoms with E-state index in [0.717, 1.165) is 6.54 Å². The first-order valence-electron chi connectivity index (χ1n) is 2.68. The Labute approximate surface area is 59.0 Å². The molecule has 2 heteroatoms. The van der Waals surface area contributed by atoms with Gasteiger partial charge in [0.2, 0.25) is 0 Å². The minimum atomic E-state index is 1.11. The first kappa shape index (κ1) is 7.69. The molecule has 0 bridgehead atoms. The van der Waals surface area contributed by atoms with Crippen molar-refractivity contribution in [1.82, 2.24) is 5.32 Å². The highest BCUT2D eigenvalue weighted by atomic mass is 127. The molecule has 0 aromatic carbocycles. The average molecular weight is 213 g/mol. The van der Waals surface area contributed by atoms with Crippen molar-refractivity contribution in [1.29, 1.82) is 0 Å². The van der Waals surface area contributed by atoms with Gasteiger partial charge in [0.05, 0.1) is 0 Å². The summed E-state index contributed by atoms with van der Waals surface area (Å²) in [6, 6.07) is 0. The van der Waals surface area contributed by atoms with Crippen molar-refractivity contribution >= 4 is 22.6 Å². The summed E-state index contributed by atoms with van der Waals surface area (Å²) >= 11 is 2.39. The Bertz CT molecular complexity index is 27.3. The predicted molar refractivity (Wildman–Crippen MR) is 42.0 cm³/mol. The third-order valence-electron chi connectivity index (χ3n) is 0.737. The molecule has 1 nitrogen and oxygen atoms in total. The van der Waals surface area contributed by atoms with Crippen molar-refractivity contribution in [2.75, 3.05) is 17.5 Å². The molecule has 0 heterocycles. The quantitative estimate of drug-likeness (QED) is 0.423. The van der Waals surface area contributed by atoms with Crippen molar-refractivity contribution in [3.63, 3.8) is 0 Å². The van der Waals surface area contributed by atoms with E-state index in [-0.39, 0.29) is 0 Å². The minimum Gasteiger partial charge on any atom is -0.317 e. The molecule has 1 N–H and O–H groups in total. The van der Waals surface area contributed by atoms with Crippen LogP contribution in [0, 0.1) is 0 Å². The Morgan fingerprint density at radius 3 is 2.71 bits per heavy atom. The maximum absolute atomic E-state index is 3.24. The van der Waals surface area contributed by atoms with Crippen LogP contribution in [-0.4, -0.2) is 17.5 Å². The van der Waals surface area contributed by atoms with E-state index in [0.29, 0.717) is 0 Å². The Balaban J connectivity index is 2.45. The van der Waals surface area contributed by atoms with Gasteiger partial charge in [-0.25, -0.2) is 0 Å². The van der Waals surface area contributed by atoms with E-state index in [2.05, 4.69) is 34.8 Å². The van der Waals surface area contributed by atoms with Gasteiger partial charge in [-0.15, -0.1) is 0 Å². The summed E-state index contributed by atoms with van der Waals surface area (Å²) in [5, 5.41) is 3.24. The lowest BCUT2D eigenvalue weighted by Crippen LogP contribution is -2.13. The topological polar surface area (TPSA) is 12.0 Å². The molecule has 0 atom stereocenters. The normalized spacial score (nSPS) is 9.43. The van der Waals surface area contributed by atoms with Gasteiger partial charge in [-0.05, 0) is 19.5 Å². The van der Waals surface area contributed by atoms with Gasteiger partial charge in [0.15, 0.2) is 0 Å². The molecular weight excluding hydrogens is 201 g/mol. The zero-order chi connectivity index (χ0) is 5.54. The van der Waals surface area contributed by atoms with Crippen LogP contribution in [0.2, 0.25) is 0 Å². The van der Waals surface area contributed by atoms with E-state index in [4.69, 9.17) is 0 Å². The smallest absolute Gasteiger partial charge is 0.000735 e. The summed E-state index contributed by atoms with van der Waals surface area (Å²) in [5.41, 5.74) is 0. The van der Waals surface area contributed by atoms with Crippen molar-refractivity contribution in [2.45, 2.75) is 13.3 Å². The number of rotatable bonds is 4. The molecule has 0 aliphatic carbocycles. The molecule has 0 saturated carbocycles. The molecule has 0 aliphatic rings. The molecule has 0 rings (SSSR count). The Morgan fingerprint density at radius 1 is 1.57 bits per heavy atom. The van der Waals surface area contributed by atoms with Crippen molar-refractivity contribution in [3.8, 4) is 0 Å². The Hall–Kier alpha value is 0.690. The fourth-order valence-electron chi connectivity index (χ4n) is 0.369. The van der Waals surface area contributed by atoms with Crippen LogP contribution < -0.4 is 5.32 Å². The van der Waals surface area contributed by atoms with Crippen LogP contribution in [0.15, 0.2) is 0 Å². The molecule has 0 amide bonds. The highest BCUT2D eigenvalue weighted by Gasteiger charge is 1.78.